The lowest BCUT2D eigenvalue weighted by Crippen LogP contribution is -2.30. The highest BCUT2D eigenvalue weighted by molar-refractivity contribution is 7.89. The summed E-state index contributed by atoms with van der Waals surface area (Å²) in [4.78, 5) is 24.0. The number of aryl methyl sites for hydroxylation is 1. The maximum absolute atomic E-state index is 13.1. The quantitative estimate of drug-likeness (QED) is 0.662. The number of nitrogens with one attached hydrogen (secondary N) is 2. The summed E-state index contributed by atoms with van der Waals surface area (Å²) in [6.45, 7) is 4.99. The molecule has 0 bridgehead atoms. The van der Waals surface area contributed by atoms with Gasteiger partial charge in [0.2, 0.25) is 15.9 Å². The Kier molecular flexibility index (Phi) is 7.17. The van der Waals surface area contributed by atoms with Gasteiger partial charge in [0, 0.05) is 33.3 Å². The summed E-state index contributed by atoms with van der Waals surface area (Å²) in [5, 5.41) is 4.68. The molecule has 0 radical (unpaired) electrons. The van der Waals surface area contributed by atoms with Crippen molar-refractivity contribution in [1.29, 1.82) is 0 Å². The molecule has 0 saturated heterocycles. The van der Waals surface area contributed by atoms with Crippen LogP contribution in [0.3, 0.4) is 0 Å². The van der Waals surface area contributed by atoms with Crippen molar-refractivity contribution >= 4 is 33.2 Å². The Labute approximate surface area is 178 Å². The van der Waals surface area contributed by atoms with Crippen LogP contribution in [0.4, 0.5) is 24.5 Å². The van der Waals surface area contributed by atoms with Gasteiger partial charge in [-0.1, -0.05) is 13.8 Å². The third-order valence-corrected chi connectivity index (χ3v) is 6.48. The Morgan fingerprint density at radius 3 is 2.19 bits per heavy atom. The summed E-state index contributed by atoms with van der Waals surface area (Å²) in [6.07, 6.45) is -3.41. The van der Waals surface area contributed by atoms with Crippen LogP contribution in [-0.2, 0) is 28.0 Å². The molecule has 1 heterocycles. The van der Waals surface area contributed by atoms with Gasteiger partial charge in [-0.15, -0.1) is 0 Å². The molecule has 0 aliphatic carbocycles. The Hall–Kier alpha value is -2.86. The second-order valence-electron chi connectivity index (χ2n) is 6.65. The smallest absolute Gasteiger partial charge is 0.345 e. The van der Waals surface area contributed by atoms with Gasteiger partial charge in [0.15, 0.2) is 0 Å². The topological polar surface area (TPSA) is 101 Å². The molecule has 0 atom stereocenters. The maximum atomic E-state index is 13.1. The summed E-state index contributed by atoms with van der Waals surface area (Å²) >= 11 is 0. The molecule has 0 aliphatic heterocycles. The highest BCUT2D eigenvalue weighted by atomic mass is 32.2. The number of amides is 2. The number of benzene rings is 1. The lowest BCUT2D eigenvalue weighted by Gasteiger charge is -2.17. The van der Waals surface area contributed by atoms with Crippen LogP contribution in [0.25, 0.3) is 0 Å². The second kappa shape index (κ2) is 9.10. The predicted molar refractivity (Wildman–Crippen MR) is 109 cm³/mol. The number of nitrogens with zero attached hydrogens (tertiary/aromatic N) is 2. The van der Waals surface area contributed by atoms with Crippen LogP contribution in [0.1, 0.15) is 36.8 Å². The molecule has 2 N–H and O–H groups in total. The number of halogens is 3. The van der Waals surface area contributed by atoms with E-state index in [-0.39, 0.29) is 35.1 Å². The molecule has 0 saturated carbocycles. The first-order valence-electron chi connectivity index (χ1n) is 9.27. The molecule has 1 aromatic heterocycles. The van der Waals surface area contributed by atoms with Crippen molar-refractivity contribution in [2.75, 3.05) is 23.7 Å². The number of hydrogen-bond donors (Lipinski definition) is 2. The lowest BCUT2D eigenvalue weighted by molar-refractivity contribution is -0.137. The van der Waals surface area contributed by atoms with Gasteiger partial charge in [0.1, 0.15) is 10.6 Å². The molecule has 0 unspecified atom stereocenters. The van der Waals surface area contributed by atoms with Gasteiger partial charge in [0.25, 0.3) is 5.91 Å². The van der Waals surface area contributed by atoms with Crippen molar-refractivity contribution in [3.8, 4) is 0 Å². The van der Waals surface area contributed by atoms with E-state index in [2.05, 4.69) is 10.6 Å². The van der Waals surface area contributed by atoms with Gasteiger partial charge in [-0.3, -0.25) is 9.59 Å². The molecular weight excluding hydrogens is 437 g/mol. The van der Waals surface area contributed by atoms with Crippen molar-refractivity contribution in [3.05, 3.63) is 41.7 Å². The number of carbonyl (C=O) groups excluding carboxylic acids is 2. The van der Waals surface area contributed by atoms with Crippen molar-refractivity contribution < 1.29 is 31.2 Å². The Balaban J connectivity index is 2.44. The van der Waals surface area contributed by atoms with E-state index < -0.39 is 33.6 Å². The second-order valence-corrected chi connectivity index (χ2v) is 8.59. The third kappa shape index (κ3) is 5.44. The van der Waals surface area contributed by atoms with E-state index in [4.69, 9.17) is 0 Å². The average Bonchev–Trinajstić information content (AvgIpc) is 3.05. The average molecular weight is 460 g/mol. The van der Waals surface area contributed by atoms with Gasteiger partial charge in [-0.25, -0.2) is 8.42 Å². The van der Waals surface area contributed by atoms with Gasteiger partial charge >= 0.3 is 6.18 Å². The summed E-state index contributed by atoms with van der Waals surface area (Å²) in [6, 6.07) is 3.65. The van der Waals surface area contributed by atoms with Crippen LogP contribution < -0.4 is 10.6 Å². The van der Waals surface area contributed by atoms with E-state index in [9.17, 15) is 31.2 Å². The zero-order chi connectivity index (χ0) is 23.6. The first-order valence-corrected chi connectivity index (χ1v) is 10.7. The first-order chi connectivity index (χ1) is 14.3. The number of anilines is 2. The normalized spacial score (nSPS) is 12.1. The van der Waals surface area contributed by atoms with Crippen molar-refractivity contribution in [2.45, 2.75) is 31.8 Å². The third-order valence-electron chi connectivity index (χ3n) is 4.46. The predicted octanol–water partition coefficient (Wildman–Crippen LogP) is 3.29. The van der Waals surface area contributed by atoms with E-state index in [0.29, 0.717) is 6.07 Å². The number of carbonyl (C=O) groups is 2. The monoisotopic (exact) mass is 460 g/mol. The Morgan fingerprint density at radius 1 is 1.06 bits per heavy atom. The summed E-state index contributed by atoms with van der Waals surface area (Å²) in [7, 11) is -2.39. The summed E-state index contributed by atoms with van der Waals surface area (Å²) in [5.74, 6) is -1.38. The lowest BCUT2D eigenvalue weighted by atomic mass is 10.1. The van der Waals surface area contributed by atoms with Crippen molar-refractivity contribution in [3.63, 3.8) is 0 Å². The van der Waals surface area contributed by atoms with Crippen LogP contribution in [-0.4, -0.2) is 42.2 Å². The van der Waals surface area contributed by atoms with E-state index in [1.54, 1.807) is 13.8 Å². The Morgan fingerprint density at radius 2 is 1.68 bits per heavy atom. The van der Waals surface area contributed by atoms with Gasteiger partial charge in [-0.05, 0) is 24.3 Å². The van der Waals surface area contributed by atoms with Crippen LogP contribution in [0, 0.1) is 0 Å². The molecule has 2 rings (SSSR count). The van der Waals surface area contributed by atoms with E-state index >= 15 is 0 Å². The molecule has 0 fully saturated rings. The highest BCUT2D eigenvalue weighted by Crippen LogP contribution is 2.34. The molecule has 8 nitrogen and oxygen atoms in total. The molecule has 31 heavy (non-hydrogen) atoms. The minimum atomic E-state index is -4.66. The SMILES string of the molecule is CCN(CC)S(=O)(=O)c1cc(C(=O)Nc2cc(C(F)(F)F)ccc2NC(C)=O)n(C)c1. The standard InChI is InChI=1S/C19H23F3N4O4S/c1-5-26(6-2)31(29,30)14-10-17(25(4)11-14)18(28)24-16-9-13(19(20,21)22)7-8-15(16)23-12(3)27/h7-11H,5-6H2,1-4H3,(H,23,27)(H,24,28). The molecule has 1 aromatic carbocycles. The van der Waals surface area contributed by atoms with Crippen LogP contribution in [0.15, 0.2) is 35.4 Å². The number of rotatable bonds is 7. The van der Waals surface area contributed by atoms with Crippen LogP contribution in [0.5, 0.6) is 0 Å². The molecule has 12 heteroatoms. The van der Waals surface area contributed by atoms with E-state index in [0.717, 1.165) is 18.2 Å². The number of alkyl halides is 3. The molecular formula is C19H23F3N4O4S. The fourth-order valence-corrected chi connectivity index (χ4v) is 4.45. The van der Waals surface area contributed by atoms with E-state index in [1.165, 1.54) is 29.0 Å². The fourth-order valence-electron chi connectivity index (χ4n) is 2.92. The van der Waals surface area contributed by atoms with Crippen LogP contribution in [0.2, 0.25) is 0 Å². The molecule has 2 aromatic rings. The van der Waals surface area contributed by atoms with Crippen LogP contribution >= 0.6 is 0 Å². The maximum Gasteiger partial charge on any atom is 0.416 e. The molecule has 2 amide bonds. The van der Waals surface area contributed by atoms with Gasteiger partial charge < -0.3 is 15.2 Å². The Bertz CT molecular complexity index is 1090. The van der Waals surface area contributed by atoms with E-state index in [1.807, 2.05) is 0 Å². The van der Waals surface area contributed by atoms with Crippen molar-refractivity contribution in [1.82, 2.24) is 8.87 Å². The minimum Gasteiger partial charge on any atom is -0.345 e. The molecule has 0 aliphatic rings. The fraction of sp³-hybridized carbons (Fsp3) is 0.368. The van der Waals surface area contributed by atoms with Gasteiger partial charge in [0.05, 0.1) is 16.9 Å². The summed E-state index contributed by atoms with van der Waals surface area (Å²) < 4.78 is 67.1. The minimum absolute atomic E-state index is 0.0287. The summed E-state index contributed by atoms with van der Waals surface area (Å²) in [5.41, 5.74) is -1.41. The number of aromatic nitrogens is 1. The number of hydrogen-bond acceptors (Lipinski definition) is 4. The molecule has 170 valence electrons. The zero-order valence-corrected chi connectivity index (χ0v) is 18.2. The van der Waals surface area contributed by atoms with Crippen molar-refractivity contribution in [2.24, 2.45) is 7.05 Å². The number of sulfonamides is 1. The zero-order valence-electron chi connectivity index (χ0n) is 17.4. The highest BCUT2D eigenvalue weighted by Gasteiger charge is 2.32. The largest absolute Gasteiger partial charge is 0.416 e. The first kappa shape index (κ1) is 24.4. The molecule has 0 spiro atoms. The van der Waals surface area contributed by atoms with Gasteiger partial charge in [-0.2, -0.15) is 17.5 Å².